The van der Waals surface area contributed by atoms with Crippen LogP contribution in [0.15, 0.2) is 47.1 Å². The third kappa shape index (κ3) is 3.42. The van der Waals surface area contributed by atoms with Gasteiger partial charge in [0.15, 0.2) is 0 Å². The number of hydrogen-bond acceptors (Lipinski definition) is 3. The standard InChI is InChI=1S/C16H17BrN2O2/c1-11(12-7-4-5-9-14(12)21-3)19(2)16(20)13-8-6-10-15(17)18-13/h4-11H,1-3H3. The Kier molecular flexibility index (Phi) is 4.96. The van der Waals surface area contributed by atoms with Crippen LogP contribution in [0.4, 0.5) is 0 Å². The lowest BCUT2D eigenvalue weighted by Crippen LogP contribution is -2.30. The van der Waals surface area contributed by atoms with Crippen LogP contribution in [0.5, 0.6) is 5.75 Å². The summed E-state index contributed by atoms with van der Waals surface area (Å²) in [5.74, 6) is 0.640. The van der Waals surface area contributed by atoms with Crippen LogP contribution in [0.25, 0.3) is 0 Å². The van der Waals surface area contributed by atoms with Crippen molar-refractivity contribution in [1.82, 2.24) is 9.88 Å². The van der Waals surface area contributed by atoms with Gasteiger partial charge >= 0.3 is 0 Å². The lowest BCUT2D eigenvalue weighted by molar-refractivity contribution is 0.0735. The van der Waals surface area contributed by atoms with Gasteiger partial charge < -0.3 is 9.64 Å². The van der Waals surface area contributed by atoms with Crippen LogP contribution in [-0.4, -0.2) is 29.9 Å². The summed E-state index contributed by atoms with van der Waals surface area (Å²) in [7, 11) is 3.39. The van der Waals surface area contributed by atoms with Crippen LogP contribution in [-0.2, 0) is 0 Å². The van der Waals surface area contributed by atoms with Gasteiger partial charge in [0.05, 0.1) is 13.2 Å². The Morgan fingerprint density at radius 2 is 1.95 bits per heavy atom. The maximum absolute atomic E-state index is 12.5. The van der Waals surface area contributed by atoms with E-state index in [0.717, 1.165) is 11.3 Å². The molecule has 0 saturated carbocycles. The van der Waals surface area contributed by atoms with Gasteiger partial charge in [0.1, 0.15) is 16.0 Å². The highest BCUT2D eigenvalue weighted by Gasteiger charge is 2.22. The molecular formula is C16H17BrN2O2. The number of carbonyl (C=O) groups is 1. The minimum absolute atomic E-state index is 0.116. The second-order valence-corrected chi connectivity index (χ2v) is 5.49. The van der Waals surface area contributed by atoms with Gasteiger partial charge in [-0.15, -0.1) is 0 Å². The molecule has 110 valence electrons. The number of benzene rings is 1. The SMILES string of the molecule is COc1ccccc1C(C)N(C)C(=O)c1cccc(Br)n1. The summed E-state index contributed by atoms with van der Waals surface area (Å²) >= 11 is 3.28. The molecule has 1 aromatic heterocycles. The fourth-order valence-corrected chi connectivity index (χ4v) is 2.45. The summed E-state index contributed by atoms with van der Waals surface area (Å²) in [5.41, 5.74) is 1.37. The minimum Gasteiger partial charge on any atom is -0.496 e. The molecule has 0 aliphatic rings. The maximum atomic E-state index is 12.5. The van der Waals surface area contributed by atoms with Crippen LogP contribution in [0, 0.1) is 0 Å². The zero-order valence-electron chi connectivity index (χ0n) is 12.2. The molecule has 5 heteroatoms. The molecule has 0 fully saturated rings. The van der Waals surface area contributed by atoms with E-state index in [1.807, 2.05) is 31.2 Å². The number of halogens is 1. The number of pyridine rings is 1. The first-order valence-electron chi connectivity index (χ1n) is 6.57. The minimum atomic E-state index is -0.130. The Labute approximate surface area is 132 Å². The topological polar surface area (TPSA) is 42.4 Å². The summed E-state index contributed by atoms with van der Waals surface area (Å²) in [6.45, 7) is 1.97. The summed E-state index contributed by atoms with van der Waals surface area (Å²) in [6.07, 6.45) is 0. The molecule has 0 N–H and O–H groups in total. The van der Waals surface area contributed by atoms with Gasteiger partial charge in [-0.25, -0.2) is 4.98 Å². The number of amides is 1. The fraction of sp³-hybridized carbons (Fsp3) is 0.250. The highest BCUT2D eigenvalue weighted by atomic mass is 79.9. The lowest BCUT2D eigenvalue weighted by Gasteiger charge is -2.26. The van der Waals surface area contributed by atoms with Gasteiger partial charge in [0.25, 0.3) is 5.91 Å². The monoisotopic (exact) mass is 348 g/mol. The molecule has 21 heavy (non-hydrogen) atoms. The van der Waals surface area contributed by atoms with Crippen LogP contribution in [0.3, 0.4) is 0 Å². The van der Waals surface area contributed by atoms with Crippen molar-refractivity contribution in [3.05, 3.63) is 58.3 Å². The molecule has 0 saturated heterocycles. The van der Waals surface area contributed by atoms with Crippen molar-refractivity contribution in [3.8, 4) is 5.75 Å². The number of nitrogens with zero attached hydrogens (tertiary/aromatic N) is 2. The van der Waals surface area contributed by atoms with Crippen molar-refractivity contribution >= 4 is 21.8 Å². The van der Waals surface area contributed by atoms with E-state index in [0.29, 0.717) is 10.3 Å². The van der Waals surface area contributed by atoms with Gasteiger partial charge in [0.2, 0.25) is 0 Å². The second-order valence-electron chi connectivity index (χ2n) is 4.68. The van der Waals surface area contributed by atoms with Crippen molar-refractivity contribution in [2.24, 2.45) is 0 Å². The number of carbonyl (C=O) groups excluding carboxylic acids is 1. The highest BCUT2D eigenvalue weighted by Crippen LogP contribution is 2.28. The molecule has 1 unspecified atom stereocenters. The fourth-order valence-electron chi connectivity index (χ4n) is 2.10. The molecule has 0 aliphatic heterocycles. The zero-order chi connectivity index (χ0) is 15.4. The Bertz CT molecular complexity index is 646. The number of methoxy groups -OCH3 is 1. The van der Waals surface area contributed by atoms with E-state index in [4.69, 9.17) is 4.74 Å². The summed E-state index contributed by atoms with van der Waals surface area (Å²) < 4.78 is 6.01. The first-order valence-corrected chi connectivity index (χ1v) is 7.36. The Hall–Kier alpha value is -1.88. The van der Waals surface area contributed by atoms with E-state index in [-0.39, 0.29) is 11.9 Å². The molecule has 0 spiro atoms. The lowest BCUT2D eigenvalue weighted by atomic mass is 10.1. The Morgan fingerprint density at radius 1 is 1.24 bits per heavy atom. The molecule has 0 radical (unpaired) electrons. The largest absolute Gasteiger partial charge is 0.496 e. The third-order valence-corrected chi connectivity index (χ3v) is 3.87. The second kappa shape index (κ2) is 6.72. The number of rotatable bonds is 4. The van der Waals surface area contributed by atoms with Crippen LogP contribution in [0.2, 0.25) is 0 Å². The van der Waals surface area contributed by atoms with E-state index >= 15 is 0 Å². The van der Waals surface area contributed by atoms with Gasteiger partial charge in [-0.1, -0.05) is 24.3 Å². The Balaban J connectivity index is 2.26. The van der Waals surface area contributed by atoms with Crippen molar-refractivity contribution in [2.45, 2.75) is 13.0 Å². The van der Waals surface area contributed by atoms with E-state index in [1.165, 1.54) is 0 Å². The van der Waals surface area contributed by atoms with Gasteiger partial charge in [-0.2, -0.15) is 0 Å². The molecule has 1 heterocycles. The number of ether oxygens (including phenoxy) is 1. The number of para-hydroxylation sites is 1. The normalized spacial score (nSPS) is 11.8. The summed E-state index contributed by atoms with van der Waals surface area (Å²) in [6, 6.07) is 12.9. The molecule has 1 aromatic carbocycles. The average Bonchev–Trinajstić information content (AvgIpc) is 2.52. The predicted molar refractivity (Wildman–Crippen MR) is 85.4 cm³/mol. The van der Waals surface area contributed by atoms with Crippen LogP contribution < -0.4 is 4.74 Å². The zero-order valence-corrected chi connectivity index (χ0v) is 13.8. The third-order valence-electron chi connectivity index (χ3n) is 3.42. The molecule has 1 amide bonds. The summed E-state index contributed by atoms with van der Waals surface area (Å²) in [4.78, 5) is 18.4. The van der Waals surface area contributed by atoms with E-state index in [9.17, 15) is 4.79 Å². The Morgan fingerprint density at radius 3 is 2.62 bits per heavy atom. The summed E-state index contributed by atoms with van der Waals surface area (Å²) in [5, 5.41) is 0. The molecule has 0 aliphatic carbocycles. The molecule has 4 nitrogen and oxygen atoms in total. The first kappa shape index (κ1) is 15.5. The van der Waals surface area contributed by atoms with Crippen LogP contribution >= 0.6 is 15.9 Å². The average molecular weight is 349 g/mol. The van der Waals surface area contributed by atoms with Crippen LogP contribution in [0.1, 0.15) is 29.0 Å². The molecule has 0 bridgehead atoms. The molecule has 2 aromatic rings. The molecule has 1 atom stereocenters. The smallest absolute Gasteiger partial charge is 0.272 e. The number of aromatic nitrogens is 1. The highest BCUT2D eigenvalue weighted by molar-refractivity contribution is 9.10. The van der Waals surface area contributed by atoms with E-state index < -0.39 is 0 Å². The van der Waals surface area contributed by atoms with E-state index in [1.54, 1.807) is 37.3 Å². The van der Waals surface area contributed by atoms with Gasteiger partial charge in [0, 0.05) is 12.6 Å². The number of hydrogen-bond donors (Lipinski definition) is 0. The van der Waals surface area contributed by atoms with Crippen molar-refractivity contribution in [1.29, 1.82) is 0 Å². The van der Waals surface area contributed by atoms with Crippen molar-refractivity contribution in [3.63, 3.8) is 0 Å². The van der Waals surface area contributed by atoms with Gasteiger partial charge in [-0.05, 0) is 41.1 Å². The predicted octanol–water partition coefficient (Wildman–Crippen LogP) is 3.69. The molecule has 2 rings (SSSR count). The first-order chi connectivity index (χ1) is 10.0. The van der Waals surface area contributed by atoms with Crippen molar-refractivity contribution in [2.75, 3.05) is 14.2 Å². The van der Waals surface area contributed by atoms with Crippen molar-refractivity contribution < 1.29 is 9.53 Å². The maximum Gasteiger partial charge on any atom is 0.272 e. The van der Waals surface area contributed by atoms with Gasteiger partial charge in [-0.3, -0.25) is 4.79 Å². The molecular weight excluding hydrogens is 332 g/mol. The van der Waals surface area contributed by atoms with E-state index in [2.05, 4.69) is 20.9 Å². The quantitative estimate of drug-likeness (QED) is 0.791.